The normalized spacial score (nSPS) is 10.6. The summed E-state index contributed by atoms with van der Waals surface area (Å²) < 4.78 is 33.6. The molecule has 0 N–H and O–H groups in total. The Morgan fingerprint density at radius 2 is 1.95 bits per heavy atom. The zero-order chi connectivity index (χ0) is 14.3. The molecular weight excluding hydrogens is 255 g/mol. The molecule has 1 aromatic rings. The van der Waals surface area contributed by atoms with Crippen LogP contribution in [0.3, 0.4) is 0 Å². The summed E-state index contributed by atoms with van der Waals surface area (Å²) in [4.78, 5) is 11.1. The van der Waals surface area contributed by atoms with Crippen molar-refractivity contribution in [3.05, 3.63) is 29.6 Å². The number of methoxy groups -OCH3 is 3. The number of hydrogen-bond acceptors (Lipinski definition) is 5. The highest BCUT2D eigenvalue weighted by Crippen LogP contribution is 2.21. The van der Waals surface area contributed by atoms with Crippen LogP contribution in [0.4, 0.5) is 4.39 Å². The molecule has 1 aromatic carbocycles. The second-order valence-corrected chi connectivity index (χ2v) is 3.69. The summed E-state index contributed by atoms with van der Waals surface area (Å²) in [6, 6.07) is 4.58. The number of rotatable bonds is 7. The van der Waals surface area contributed by atoms with E-state index < -0.39 is 18.1 Å². The molecule has 1 rings (SSSR count). The van der Waals surface area contributed by atoms with E-state index >= 15 is 0 Å². The lowest BCUT2D eigenvalue weighted by Gasteiger charge is -2.15. The van der Waals surface area contributed by atoms with E-state index in [1.54, 1.807) is 6.07 Å². The van der Waals surface area contributed by atoms with Crippen LogP contribution in [0.2, 0.25) is 0 Å². The number of esters is 1. The van der Waals surface area contributed by atoms with Crippen molar-refractivity contribution in [2.45, 2.75) is 12.7 Å². The third kappa shape index (κ3) is 4.50. The van der Waals surface area contributed by atoms with Crippen molar-refractivity contribution in [3.8, 4) is 5.75 Å². The molecule has 5 nitrogen and oxygen atoms in total. The summed E-state index contributed by atoms with van der Waals surface area (Å²) in [7, 11) is 4.17. The summed E-state index contributed by atoms with van der Waals surface area (Å²) >= 11 is 0. The van der Waals surface area contributed by atoms with E-state index in [1.807, 2.05) is 0 Å². The lowest BCUT2D eigenvalue weighted by atomic mass is 10.1. The molecule has 0 bridgehead atoms. The minimum absolute atomic E-state index is 0.0421. The molecule has 0 aliphatic rings. The summed E-state index contributed by atoms with van der Waals surface area (Å²) in [5.74, 6) is -1.05. The highest BCUT2D eigenvalue weighted by Gasteiger charge is 2.14. The molecule has 19 heavy (non-hydrogen) atoms. The molecule has 0 spiro atoms. The maximum Gasteiger partial charge on any atom is 0.310 e. The van der Waals surface area contributed by atoms with Gasteiger partial charge in [0.25, 0.3) is 0 Å². The van der Waals surface area contributed by atoms with Crippen molar-refractivity contribution in [2.75, 3.05) is 27.9 Å². The zero-order valence-corrected chi connectivity index (χ0v) is 11.1. The molecule has 0 fully saturated rings. The maximum absolute atomic E-state index is 14.0. The summed E-state index contributed by atoms with van der Waals surface area (Å²) in [5, 5.41) is 0. The molecule has 0 saturated carbocycles. The van der Waals surface area contributed by atoms with Crippen LogP contribution in [0, 0.1) is 5.82 Å². The van der Waals surface area contributed by atoms with E-state index in [0.717, 1.165) is 0 Å². The Labute approximate surface area is 111 Å². The monoisotopic (exact) mass is 272 g/mol. The SMILES string of the molecule is COC(=O)Cc1cccc(OCC(OC)OC)c1F. The summed E-state index contributed by atoms with van der Waals surface area (Å²) in [6.07, 6.45) is -0.721. The standard InChI is InChI=1S/C13H17FO5/c1-16-11(15)7-9-5-4-6-10(13(9)14)19-8-12(17-2)18-3/h4-6,12H,7-8H2,1-3H3. The van der Waals surface area contributed by atoms with Gasteiger partial charge in [0.05, 0.1) is 13.5 Å². The largest absolute Gasteiger partial charge is 0.485 e. The van der Waals surface area contributed by atoms with Crippen molar-refractivity contribution in [2.24, 2.45) is 0 Å². The Hall–Kier alpha value is -1.66. The van der Waals surface area contributed by atoms with Crippen molar-refractivity contribution >= 4 is 5.97 Å². The van der Waals surface area contributed by atoms with E-state index in [2.05, 4.69) is 4.74 Å². The Morgan fingerprint density at radius 3 is 2.53 bits per heavy atom. The van der Waals surface area contributed by atoms with Gasteiger partial charge in [-0.05, 0) is 6.07 Å². The van der Waals surface area contributed by atoms with E-state index in [4.69, 9.17) is 14.2 Å². The van der Waals surface area contributed by atoms with Crippen LogP contribution in [0.5, 0.6) is 5.75 Å². The molecule has 0 aliphatic carbocycles. The highest BCUT2D eigenvalue weighted by molar-refractivity contribution is 5.72. The van der Waals surface area contributed by atoms with Gasteiger partial charge in [-0.3, -0.25) is 4.79 Å². The van der Waals surface area contributed by atoms with Gasteiger partial charge in [0.15, 0.2) is 17.9 Å². The molecular formula is C13H17FO5. The van der Waals surface area contributed by atoms with E-state index in [0.29, 0.717) is 0 Å². The summed E-state index contributed by atoms with van der Waals surface area (Å²) in [6.45, 7) is 0.0472. The van der Waals surface area contributed by atoms with Gasteiger partial charge in [0, 0.05) is 19.8 Å². The van der Waals surface area contributed by atoms with Gasteiger partial charge in [-0.1, -0.05) is 12.1 Å². The molecule has 0 aromatic heterocycles. The first-order valence-electron chi connectivity index (χ1n) is 5.65. The van der Waals surface area contributed by atoms with Crippen molar-refractivity contribution in [3.63, 3.8) is 0 Å². The molecule has 0 heterocycles. The number of halogens is 1. The number of carbonyl (C=O) groups is 1. The number of carbonyl (C=O) groups excluding carboxylic acids is 1. The molecule has 0 atom stereocenters. The maximum atomic E-state index is 14.0. The topological polar surface area (TPSA) is 54.0 Å². The van der Waals surface area contributed by atoms with E-state index in [1.165, 1.54) is 33.5 Å². The molecule has 0 radical (unpaired) electrons. The smallest absolute Gasteiger partial charge is 0.310 e. The molecule has 0 unspecified atom stereocenters. The minimum Gasteiger partial charge on any atom is -0.485 e. The van der Waals surface area contributed by atoms with Crippen LogP contribution in [0.15, 0.2) is 18.2 Å². The van der Waals surface area contributed by atoms with Gasteiger partial charge in [-0.15, -0.1) is 0 Å². The van der Waals surface area contributed by atoms with Crippen molar-refractivity contribution in [1.29, 1.82) is 0 Å². The average Bonchev–Trinajstić information content (AvgIpc) is 2.43. The fourth-order valence-corrected chi connectivity index (χ4v) is 1.42. The number of ether oxygens (including phenoxy) is 4. The number of benzene rings is 1. The number of hydrogen-bond donors (Lipinski definition) is 0. The Morgan fingerprint density at radius 1 is 1.26 bits per heavy atom. The third-order valence-corrected chi connectivity index (χ3v) is 2.51. The lowest BCUT2D eigenvalue weighted by Crippen LogP contribution is -2.22. The van der Waals surface area contributed by atoms with Crippen LogP contribution < -0.4 is 4.74 Å². The van der Waals surface area contributed by atoms with Crippen LogP contribution in [0.25, 0.3) is 0 Å². The first-order chi connectivity index (χ1) is 9.12. The molecule has 0 amide bonds. The van der Waals surface area contributed by atoms with Crippen LogP contribution in [-0.4, -0.2) is 40.2 Å². The van der Waals surface area contributed by atoms with Crippen LogP contribution in [0.1, 0.15) is 5.56 Å². The second kappa shape index (κ2) is 7.70. The quantitative estimate of drug-likeness (QED) is 0.556. The molecule has 106 valence electrons. The Bertz CT molecular complexity index is 417. The predicted molar refractivity (Wildman–Crippen MR) is 65.4 cm³/mol. The van der Waals surface area contributed by atoms with Gasteiger partial charge in [0.1, 0.15) is 6.61 Å². The predicted octanol–water partition coefficient (Wildman–Crippen LogP) is 1.54. The van der Waals surface area contributed by atoms with Crippen LogP contribution >= 0.6 is 0 Å². The first-order valence-corrected chi connectivity index (χ1v) is 5.65. The van der Waals surface area contributed by atoms with Gasteiger partial charge >= 0.3 is 5.97 Å². The summed E-state index contributed by atoms with van der Waals surface area (Å²) in [5.41, 5.74) is 0.218. The van der Waals surface area contributed by atoms with E-state index in [-0.39, 0.29) is 24.3 Å². The first kappa shape index (κ1) is 15.4. The minimum atomic E-state index is -0.584. The van der Waals surface area contributed by atoms with Gasteiger partial charge in [-0.25, -0.2) is 4.39 Å². The van der Waals surface area contributed by atoms with E-state index in [9.17, 15) is 9.18 Å². The lowest BCUT2D eigenvalue weighted by molar-refractivity contribution is -0.139. The van der Waals surface area contributed by atoms with Crippen molar-refractivity contribution < 1.29 is 28.1 Å². The van der Waals surface area contributed by atoms with Gasteiger partial charge in [-0.2, -0.15) is 0 Å². The fraction of sp³-hybridized carbons (Fsp3) is 0.462. The van der Waals surface area contributed by atoms with Crippen LogP contribution in [-0.2, 0) is 25.4 Å². The van der Waals surface area contributed by atoms with Gasteiger partial charge in [0.2, 0.25) is 0 Å². The zero-order valence-electron chi connectivity index (χ0n) is 11.1. The van der Waals surface area contributed by atoms with Crippen molar-refractivity contribution in [1.82, 2.24) is 0 Å². The molecule has 0 saturated heterocycles. The highest BCUT2D eigenvalue weighted by atomic mass is 19.1. The average molecular weight is 272 g/mol. The van der Waals surface area contributed by atoms with Gasteiger partial charge < -0.3 is 18.9 Å². The third-order valence-electron chi connectivity index (χ3n) is 2.51. The Kier molecular flexibility index (Phi) is 6.24. The second-order valence-electron chi connectivity index (χ2n) is 3.69. The molecule has 0 aliphatic heterocycles. The fourth-order valence-electron chi connectivity index (χ4n) is 1.42. The Balaban J connectivity index is 2.74. The molecule has 6 heteroatoms.